The first-order valence-electron chi connectivity index (χ1n) is 12.2. The van der Waals surface area contributed by atoms with Crippen LogP contribution in [-0.2, 0) is 6.18 Å². The molecular formula is C26H25ClF4N6O. The number of hydrogen-bond donors (Lipinski definition) is 1. The van der Waals surface area contributed by atoms with Gasteiger partial charge >= 0.3 is 6.18 Å². The number of rotatable bonds is 5. The van der Waals surface area contributed by atoms with Crippen molar-refractivity contribution in [2.75, 3.05) is 47.5 Å². The Labute approximate surface area is 222 Å². The summed E-state index contributed by atoms with van der Waals surface area (Å²) < 4.78 is 54.3. The molecule has 0 unspecified atom stereocenters. The van der Waals surface area contributed by atoms with E-state index in [1.54, 1.807) is 24.5 Å². The van der Waals surface area contributed by atoms with Crippen LogP contribution in [0.5, 0.6) is 0 Å². The number of halogens is 5. The maximum atomic E-state index is 13.8. The highest BCUT2D eigenvalue weighted by atomic mass is 35.5. The molecule has 0 bridgehead atoms. The molecule has 2 aromatic heterocycles. The van der Waals surface area contributed by atoms with Crippen molar-refractivity contribution >= 4 is 29.2 Å². The molecule has 38 heavy (non-hydrogen) atoms. The normalized spacial score (nSPS) is 16.8. The smallest absolute Gasteiger partial charge is 0.396 e. The van der Waals surface area contributed by atoms with E-state index in [-0.39, 0.29) is 29.9 Å². The van der Waals surface area contributed by atoms with E-state index in [0.717, 1.165) is 18.9 Å². The first-order valence-corrected chi connectivity index (χ1v) is 12.5. The molecule has 1 saturated heterocycles. The lowest BCUT2D eigenvalue weighted by molar-refractivity contribution is -0.137. The topological polar surface area (TPSA) is 68.6 Å². The van der Waals surface area contributed by atoms with Gasteiger partial charge in [-0.2, -0.15) is 18.2 Å². The van der Waals surface area contributed by atoms with Crippen molar-refractivity contribution in [2.24, 2.45) is 5.92 Å². The van der Waals surface area contributed by atoms with Gasteiger partial charge in [0.1, 0.15) is 17.5 Å². The first kappa shape index (κ1) is 26.2. The summed E-state index contributed by atoms with van der Waals surface area (Å²) in [6.07, 6.45) is 1.61. The predicted octanol–water partition coefficient (Wildman–Crippen LogP) is 5.36. The van der Waals surface area contributed by atoms with Crippen LogP contribution in [0.3, 0.4) is 0 Å². The van der Waals surface area contributed by atoms with Gasteiger partial charge in [-0.1, -0.05) is 11.6 Å². The Morgan fingerprint density at radius 3 is 2.37 bits per heavy atom. The molecule has 0 atom stereocenters. The zero-order valence-corrected chi connectivity index (χ0v) is 21.0. The summed E-state index contributed by atoms with van der Waals surface area (Å²) in [5, 5.41) is 9.46. The SMILES string of the molecule is OCC1CCN(c2nc(-c3ccc(F)c(Cl)c3)cc(N3C=CN(c4ncccc4C(F)(F)F)CC3)n2)CC1. The Bertz CT molecular complexity index is 1330. The minimum atomic E-state index is -4.52. The van der Waals surface area contributed by atoms with Gasteiger partial charge in [-0.25, -0.2) is 14.4 Å². The number of aliphatic hydroxyl groups is 1. The average molecular weight is 549 g/mol. The molecular weight excluding hydrogens is 524 g/mol. The summed E-state index contributed by atoms with van der Waals surface area (Å²) >= 11 is 6.03. The van der Waals surface area contributed by atoms with Gasteiger partial charge in [0, 0.05) is 63.0 Å². The largest absolute Gasteiger partial charge is 0.419 e. The van der Waals surface area contributed by atoms with Gasteiger partial charge in [0.25, 0.3) is 0 Å². The molecule has 7 nitrogen and oxygen atoms in total. The molecule has 0 spiro atoms. The Morgan fingerprint density at radius 2 is 1.71 bits per heavy atom. The fraction of sp³-hybridized carbons (Fsp3) is 0.346. The van der Waals surface area contributed by atoms with E-state index in [4.69, 9.17) is 21.6 Å². The molecule has 0 amide bonds. The third-order valence-corrected chi connectivity index (χ3v) is 7.03. The highest BCUT2D eigenvalue weighted by molar-refractivity contribution is 6.31. The van der Waals surface area contributed by atoms with Crippen molar-refractivity contribution in [3.63, 3.8) is 0 Å². The Kier molecular flexibility index (Phi) is 7.40. The second-order valence-corrected chi connectivity index (χ2v) is 9.62. The van der Waals surface area contributed by atoms with Gasteiger partial charge < -0.3 is 19.8 Å². The molecule has 3 aromatic rings. The lowest BCUT2D eigenvalue weighted by Crippen LogP contribution is -2.38. The van der Waals surface area contributed by atoms with E-state index in [1.165, 1.54) is 29.3 Å². The highest BCUT2D eigenvalue weighted by Gasteiger charge is 2.36. The standard InChI is InChI=1S/C26H25ClF4N6O/c27-20-14-18(3-4-21(20)28)22-15-23(34-25(33-22)37-8-5-17(16-38)6-9-37)35-10-12-36(13-11-35)24-19(26(29,30)31)2-1-7-32-24/h1-4,7,10,12,14-15,17,38H,5-6,8-9,11,13,16H2. The first-order chi connectivity index (χ1) is 18.2. The van der Waals surface area contributed by atoms with E-state index in [1.807, 2.05) is 9.80 Å². The number of pyridine rings is 1. The molecule has 1 N–H and O–H groups in total. The fourth-order valence-corrected chi connectivity index (χ4v) is 4.75. The minimum Gasteiger partial charge on any atom is -0.396 e. The Balaban J connectivity index is 1.47. The molecule has 1 fully saturated rings. The fourth-order valence-electron chi connectivity index (χ4n) is 4.57. The van der Waals surface area contributed by atoms with Crippen molar-refractivity contribution in [2.45, 2.75) is 19.0 Å². The molecule has 12 heteroatoms. The third kappa shape index (κ3) is 5.53. The van der Waals surface area contributed by atoms with E-state index in [9.17, 15) is 22.7 Å². The van der Waals surface area contributed by atoms with Gasteiger partial charge in [-0.3, -0.25) is 0 Å². The zero-order valence-electron chi connectivity index (χ0n) is 20.2. The van der Waals surface area contributed by atoms with E-state index < -0.39 is 17.6 Å². The molecule has 5 rings (SSSR count). The summed E-state index contributed by atoms with van der Waals surface area (Å²) in [6.45, 7) is 2.06. The van der Waals surface area contributed by atoms with E-state index >= 15 is 0 Å². The number of alkyl halides is 3. The van der Waals surface area contributed by atoms with Crippen LogP contribution in [0.15, 0.2) is 55.0 Å². The maximum absolute atomic E-state index is 13.8. The van der Waals surface area contributed by atoms with Crippen LogP contribution >= 0.6 is 11.6 Å². The molecule has 2 aliphatic heterocycles. The maximum Gasteiger partial charge on any atom is 0.419 e. The number of hydrogen-bond acceptors (Lipinski definition) is 7. The number of aromatic nitrogens is 3. The van der Waals surface area contributed by atoms with E-state index in [2.05, 4.69) is 4.98 Å². The summed E-state index contributed by atoms with van der Waals surface area (Å²) in [4.78, 5) is 18.8. The number of piperidine rings is 1. The average Bonchev–Trinajstić information content (AvgIpc) is 2.94. The predicted molar refractivity (Wildman–Crippen MR) is 138 cm³/mol. The van der Waals surface area contributed by atoms with Crippen molar-refractivity contribution in [3.8, 4) is 11.3 Å². The van der Waals surface area contributed by atoms with Crippen LogP contribution in [0.1, 0.15) is 18.4 Å². The van der Waals surface area contributed by atoms with Gasteiger partial charge in [-0.15, -0.1) is 0 Å². The third-order valence-electron chi connectivity index (χ3n) is 6.74. The van der Waals surface area contributed by atoms with E-state index in [0.29, 0.717) is 42.7 Å². The van der Waals surface area contributed by atoms with Crippen LogP contribution in [0.25, 0.3) is 11.3 Å². The minimum absolute atomic E-state index is 0.0303. The number of nitrogens with zero attached hydrogens (tertiary/aromatic N) is 6. The van der Waals surface area contributed by atoms with Gasteiger partial charge in [0.05, 0.1) is 16.3 Å². The van der Waals surface area contributed by atoms with Gasteiger partial charge in [0.15, 0.2) is 0 Å². The van der Waals surface area contributed by atoms with Crippen LogP contribution in [-0.4, -0.2) is 52.8 Å². The van der Waals surface area contributed by atoms with Gasteiger partial charge in [0.2, 0.25) is 5.95 Å². The van der Waals surface area contributed by atoms with Crippen molar-refractivity contribution in [3.05, 3.63) is 71.4 Å². The second-order valence-electron chi connectivity index (χ2n) is 9.21. The number of benzene rings is 1. The lowest BCUT2D eigenvalue weighted by Gasteiger charge is -2.33. The number of aliphatic hydroxyl groups excluding tert-OH is 1. The Morgan fingerprint density at radius 1 is 0.974 bits per heavy atom. The number of anilines is 3. The van der Waals surface area contributed by atoms with Crippen molar-refractivity contribution < 1.29 is 22.7 Å². The molecule has 0 aliphatic carbocycles. The zero-order chi connectivity index (χ0) is 26.9. The monoisotopic (exact) mass is 548 g/mol. The summed E-state index contributed by atoms with van der Waals surface area (Å²) in [5.74, 6) is 0.557. The van der Waals surface area contributed by atoms with Crippen molar-refractivity contribution in [1.82, 2.24) is 15.0 Å². The van der Waals surface area contributed by atoms with Crippen LogP contribution in [0.2, 0.25) is 5.02 Å². The van der Waals surface area contributed by atoms with Crippen LogP contribution in [0, 0.1) is 11.7 Å². The molecule has 0 saturated carbocycles. The molecule has 0 radical (unpaired) electrons. The molecule has 200 valence electrons. The summed E-state index contributed by atoms with van der Waals surface area (Å²) in [7, 11) is 0. The molecule has 1 aromatic carbocycles. The Hall–Kier alpha value is -3.44. The highest BCUT2D eigenvalue weighted by Crippen LogP contribution is 2.36. The summed E-state index contributed by atoms with van der Waals surface area (Å²) in [5.41, 5.74) is 0.345. The molecule has 4 heterocycles. The summed E-state index contributed by atoms with van der Waals surface area (Å²) in [6, 6.07) is 8.38. The van der Waals surface area contributed by atoms with Crippen LogP contribution < -0.4 is 14.7 Å². The quantitative estimate of drug-likeness (QED) is 0.431. The lowest BCUT2D eigenvalue weighted by atomic mass is 9.98. The van der Waals surface area contributed by atoms with Crippen LogP contribution in [0.4, 0.5) is 35.1 Å². The second kappa shape index (κ2) is 10.7. The van der Waals surface area contributed by atoms with Crippen molar-refractivity contribution in [1.29, 1.82) is 0 Å². The molecule has 2 aliphatic rings. The van der Waals surface area contributed by atoms with Gasteiger partial charge in [-0.05, 0) is 49.1 Å².